The third-order valence-corrected chi connectivity index (χ3v) is 5.40. The second kappa shape index (κ2) is 7.31. The van der Waals surface area contributed by atoms with Crippen molar-refractivity contribution in [1.82, 2.24) is 15.0 Å². The number of aromatic nitrogens is 3. The van der Waals surface area contributed by atoms with Gasteiger partial charge in [0.15, 0.2) is 5.75 Å². The van der Waals surface area contributed by atoms with E-state index in [1.54, 1.807) is 12.3 Å². The van der Waals surface area contributed by atoms with E-state index in [0.717, 1.165) is 45.2 Å². The summed E-state index contributed by atoms with van der Waals surface area (Å²) >= 11 is 0. The maximum absolute atomic E-state index is 9.97. The molecular formula is C24H22N4O2. The lowest BCUT2D eigenvalue weighted by Crippen LogP contribution is -2.43. The predicted octanol–water partition coefficient (Wildman–Crippen LogP) is 4.47. The van der Waals surface area contributed by atoms with Gasteiger partial charge in [0.2, 0.25) is 0 Å². The molecule has 0 aliphatic carbocycles. The summed E-state index contributed by atoms with van der Waals surface area (Å²) in [6.45, 7) is 6.15. The zero-order valence-corrected chi connectivity index (χ0v) is 16.7. The molecule has 3 heterocycles. The minimum atomic E-state index is -0.229. The van der Waals surface area contributed by atoms with Gasteiger partial charge in [0, 0.05) is 6.20 Å². The third-order valence-electron chi connectivity index (χ3n) is 5.40. The highest BCUT2D eigenvalue weighted by Gasteiger charge is 2.31. The number of H-pyrrole nitrogens is 1. The number of para-hydroxylation sites is 1. The number of rotatable bonds is 4. The van der Waals surface area contributed by atoms with E-state index < -0.39 is 0 Å². The Hall–Kier alpha value is -3.64. The molecule has 6 nitrogen and oxygen atoms in total. The van der Waals surface area contributed by atoms with E-state index in [0.29, 0.717) is 6.61 Å². The van der Waals surface area contributed by atoms with Crippen LogP contribution in [0.5, 0.6) is 5.75 Å². The van der Waals surface area contributed by atoms with Gasteiger partial charge in [0.1, 0.15) is 18.2 Å². The van der Waals surface area contributed by atoms with Crippen molar-refractivity contribution < 1.29 is 9.84 Å². The van der Waals surface area contributed by atoms with Crippen LogP contribution in [0.2, 0.25) is 0 Å². The first-order valence-electron chi connectivity index (χ1n) is 9.89. The van der Waals surface area contributed by atoms with Gasteiger partial charge in [-0.05, 0) is 54.4 Å². The van der Waals surface area contributed by atoms with Crippen molar-refractivity contribution in [3.63, 3.8) is 0 Å². The zero-order chi connectivity index (χ0) is 20.7. The van der Waals surface area contributed by atoms with Gasteiger partial charge in [-0.2, -0.15) is 0 Å². The number of fused-ring (bicyclic) bond motifs is 2. The molecule has 0 radical (unpaired) electrons. The summed E-state index contributed by atoms with van der Waals surface area (Å²) in [6.07, 6.45) is 3.53. The van der Waals surface area contributed by atoms with Crippen molar-refractivity contribution in [1.29, 1.82) is 0 Å². The average molecular weight is 398 g/mol. The Labute approximate surface area is 174 Å². The fourth-order valence-corrected chi connectivity index (χ4v) is 3.86. The number of hydrogen-bond donors (Lipinski definition) is 2. The molecule has 5 rings (SSSR count). The zero-order valence-electron chi connectivity index (χ0n) is 16.7. The number of ether oxygens (including phenoxy) is 1. The summed E-state index contributed by atoms with van der Waals surface area (Å²) in [7, 11) is 0. The van der Waals surface area contributed by atoms with Crippen LogP contribution in [0.15, 0.2) is 61.3 Å². The molecule has 1 aliphatic heterocycles. The Morgan fingerprint density at radius 1 is 1.27 bits per heavy atom. The van der Waals surface area contributed by atoms with Crippen LogP contribution in [-0.2, 0) is 0 Å². The van der Waals surface area contributed by atoms with E-state index >= 15 is 0 Å². The van der Waals surface area contributed by atoms with Gasteiger partial charge in [-0.3, -0.25) is 0 Å². The Balaban J connectivity index is 1.64. The molecule has 2 N–H and O–H groups in total. The molecule has 6 heteroatoms. The number of pyridine rings is 1. The van der Waals surface area contributed by atoms with Gasteiger partial charge in [0.05, 0.1) is 34.9 Å². The molecule has 0 saturated heterocycles. The summed E-state index contributed by atoms with van der Waals surface area (Å²) in [5.41, 5.74) is 5.76. The number of anilines is 2. The molecule has 0 amide bonds. The molecule has 0 bridgehead atoms. The van der Waals surface area contributed by atoms with E-state index in [1.807, 2.05) is 41.3 Å². The fourth-order valence-electron chi connectivity index (χ4n) is 3.86. The van der Waals surface area contributed by atoms with E-state index in [-0.39, 0.29) is 12.6 Å². The molecule has 0 saturated carbocycles. The summed E-state index contributed by atoms with van der Waals surface area (Å²) in [5.74, 6) is 2.24. The van der Waals surface area contributed by atoms with Crippen LogP contribution in [0.1, 0.15) is 11.1 Å². The van der Waals surface area contributed by atoms with Crippen molar-refractivity contribution in [2.24, 2.45) is 0 Å². The number of nitrogens with one attached hydrogen (secondary N) is 1. The number of imidazole rings is 1. The maximum Gasteiger partial charge on any atom is 0.154 e. The van der Waals surface area contributed by atoms with Crippen LogP contribution in [0.3, 0.4) is 0 Å². The number of aryl methyl sites for hydroxylation is 1. The Bertz CT molecular complexity index is 1230. The van der Waals surface area contributed by atoms with Crippen molar-refractivity contribution in [2.45, 2.75) is 13.0 Å². The first-order valence-corrected chi connectivity index (χ1v) is 9.89. The third kappa shape index (κ3) is 3.02. The minimum Gasteiger partial charge on any atom is -0.488 e. The Morgan fingerprint density at radius 3 is 2.93 bits per heavy atom. The van der Waals surface area contributed by atoms with Crippen molar-refractivity contribution in [3.8, 4) is 17.1 Å². The topological polar surface area (TPSA) is 74.3 Å². The molecule has 2 aromatic carbocycles. The van der Waals surface area contributed by atoms with Gasteiger partial charge < -0.3 is 19.7 Å². The predicted molar refractivity (Wildman–Crippen MR) is 119 cm³/mol. The molecule has 30 heavy (non-hydrogen) atoms. The SMILES string of the molecule is C=Cc1ccc(N2c3cccc(-c4nc5ccc(C)cc5[nH]4)c3OCC2CO)nc1. The summed E-state index contributed by atoms with van der Waals surface area (Å²) < 4.78 is 6.12. The van der Waals surface area contributed by atoms with Gasteiger partial charge in [-0.15, -0.1) is 0 Å². The lowest BCUT2D eigenvalue weighted by molar-refractivity contribution is 0.195. The molecule has 1 atom stereocenters. The monoisotopic (exact) mass is 398 g/mol. The van der Waals surface area contributed by atoms with E-state index in [9.17, 15) is 5.11 Å². The number of benzene rings is 2. The molecular weight excluding hydrogens is 376 g/mol. The summed E-state index contributed by atoms with van der Waals surface area (Å²) in [5, 5.41) is 9.97. The smallest absolute Gasteiger partial charge is 0.154 e. The van der Waals surface area contributed by atoms with Crippen LogP contribution < -0.4 is 9.64 Å². The lowest BCUT2D eigenvalue weighted by atomic mass is 10.1. The van der Waals surface area contributed by atoms with E-state index in [4.69, 9.17) is 9.72 Å². The number of aliphatic hydroxyl groups excluding tert-OH is 1. The molecule has 0 spiro atoms. The van der Waals surface area contributed by atoms with Gasteiger partial charge in [-0.25, -0.2) is 9.97 Å². The second-order valence-electron chi connectivity index (χ2n) is 7.43. The van der Waals surface area contributed by atoms with E-state index in [1.165, 1.54) is 5.56 Å². The van der Waals surface area contributed by atoms with Crippen LogP contribution in [0.4, 0.5) is 11.5 Å². The van der Waals surface area contributed by atoms with Crippen molar-refractivity contribution >= 4 is 28.6 Å². The lowest BCUT2D eigenvalue weighted by Gasteiger charge is -2.37. The van der Waals surface area contributed by atoms with Gasteiger partial charge in [-0.1, -0.05) is 24.8 Å². The highest BCUT2D eigenvalue weighted by atomic mass is 16.5. The second-order valence-corrected chi connectivity index (χ2v) is 7.43. The Kier molecular flexibility index (Phi) is 4.48. The van der Waals surface area contributed by atoms with Crippen LogP contribution in [-0.4, -0.2) is 39.3 Å². The molecule has 2 aromatic heterocycles. The first kappa shape index (κ1) is 18.4. The van der Waals surface area contributed by atoms with Crippen LogP contribution in [0, 0.1) is 6.92 Å². The minimum absolute atomic E-state index is 0.0432. The van der Waals surface area contributed by atoms with Gasteiger partial charge >= 0.3 is 0 Å². The quantitative estimate of drug-likeness (QED) is 0.531. The normalized spacial score (nSPS) is 15.7. The summed E-state index contributed by atoms with van der Waals surface area (Å²) in [4.78, 5) is 14.8. The molecule has 1 unspecified atom stereocenters. The van der Waals surface area contributed by atoms with Crippen LogP contribution in [0.25, 0.3) is 28.5 Å². The average Bonchev–Trinajstić information content (AvgIpc) is 3.21. The number of nitrogens with zero attached hydrogens (tertiary/aromatic N) is 3. The largest absolute Gasteiger partial charge is 0.488 e. The molecule has 1 aliphatic rings. The highest BCUT2D eigenvalue weighted by Crippen LogP contribution is 2.44. The van der Waals surface area contributed by atoms with Gasteiger partial charge in [0.25, 0.3) is 0 Å². The number of aromatic amines is 1. The standard InChI is InChI=1S/C24H22N4O2/c1-3-16-8-10-22(25-12-16)28-17(13-29)14-30-23-18(5-4-6-21(23)28)24-26-19-9-7-15(2)11-20(19)27-24/h3-12,17,29H,1,13-14H2,2H3,(H,26,27). The Morgan fingerprint density at radius 2 is 2.17 bits per heavy atom. The maximum atomic E-state index is 9.97. The molecule has 0 fully saturated rings. The number of aliphatic hydroxyl groups is 1. The molecule has 4 aromatic rings. The van der Waals surface area contributed by atoms with E-state index in [2.05, 4.69) is 35.6 Å². The fraction of sp³-hybridized carbons (Fsp3) is 0.167. The van der Waals surface area contributed by atoms with Crippen LogP contribution >= 0.6 is 0 Å². The van der Waals surface area contributed by atoms with Crippen molar-refractivity contribution in [2.75, 3.05) is 18.1 Å². The first-order chi connectivity index (χ1) is 14.7. The summed E-state index contributed by atoms with van der Waals surface area (Å²) in [6, 6.07) is 15.8. The highest BCUT2D eigenvalue weighted by molar-refractivity contribution is 5.85. The number of hydrogen-bond acceptors (Lipinski definition) is 5. The van der Waals surface area contributed by atoms with Crippen molar-refractivity contribution in [3.05, 3.63) is 72.4 Å². The molecule has 150 valence electrons.